The van der Waals surface area contributed by atoms with Gasteiger partial charge < -0.3 is 10.2 Å². The molecular formula is C14H21N3O2S. The fourth-order valence-electron chi connectivity index (χ4n) is 2.86. The van der Waals surface area contributed by atoms with Gasteiger partial charge in [0.25, 0.3) is 0 Å². The van der Waals surface area contributed by atoms with Gasteiger partial charge in [-0.25, -0.2) is 13.1 Å². The van der Waals surface area contributed by atoms with Gasteiger partial charge in [-0.05, 0) is 50.0 Å². The molecule has 0 bridgehead atoms. The van der Waals surface area contributed by atoms with Gasteiger partial charge in [0.2, 0.25) is 10.0 Å². The van der Waals surface area contributed by atoms with E-state index in [9.17, 15) is 8.42 Å². The fraction of sp³-hybridized carbons (Fsp3) is 0.571. The van der Waals surface area contributed by atoms with Crippen molar-refractivity contribution in [3.8, 4) is 0 Å². The summed E-state index contributed by atoms with van der Waals surface area (Å²) in [6.07, 6.45) is 3.42. The Kier molecular flexibility index (Phi) is 3.96. The second-order valence-electron chi connectivity index (χ2n) is 5.44. The molecule has 1 aromatic carbocycles. The van der Waals surface area contributed by atoms with Crippen LogP contribution in [0.15, 0.2) is 23.1 Å². The Morgan fingerprint density at radius 3 is 2.85 bits per heavy atom. The zero-order chi connectivity index (χ0) is 14.0. The third kappa shape index (κ3) is 2.97. The molecule has 0 saturated carbocycles. The lowest BCUT2D eigenvalue weighted by atomic mass is 10.2. The second-order valence-corrected chi connectivity index (χ2v) is 7.21. The summed E-state index contributed by atoms with van der Waals surface area (Å²) >= 11 is 0. The van der Waals surface area contributed by atoms with Crippen LogP contribution in [0.25, 0.3) is 0 Å². The first-order chi connectivity index (χ1) is 9.65. The minimum absolute atomic E-state index is 0.354. The lowest BCUT2D eigenvalue weighted by molar-refractivity contribution is 0.344. The van der Waals surface area contributed by atoms with Crippen molar-refractivity contribution in [1.29, 1.82) is 0 Å². The number of rotatable bonds is 5. The molecule has 2 aliphatic rings. The SMILES string of the molecule is O=S(=O)(NCCN1CCCC1)c1ccc2c(c1)NCC2. The molecule has 0 radical (unpaired) electrons. The van der Waals surface area contributed by atoms with Crippen LogP contribution in [0.1, 0.15) is 18.4 Å². The quantitative estimate of drug-likeness (QED) is 0.852. The predicted octanol–water partition coefficient (Wildman–Crippen LogP) is 1.03. The van der Waals surface area contributed by atoms with Gasteiger partial charge in [0.15, 0.2) is 0 Å². The molecule has 5 nitrogen and oxygen atoms in total. The zero-order valence-electron chi connectivity index (χ0n) is 11.6. The van der Waals surface area contributed by atoms with Crippen LogP contribution >= 0.6 is 0 Å². The molecule has 2 aliphatic heterocycles. The maximum Gasteiger partial charge on any atom is 0.240 e. The number of nitrogens with zero attached hydrogens (tertiary/aromatic N) is 1. The van der Waals surface area contributed by atoms with Crippen molar-refractivity contribution in [1.82, 2.24) is 9.62 Å². The van der Waals surface area contributed by atoms with Crippen molar-refractivity contribution in [2.75, 3.05) is 38.0 Å². The highest BCUT2D eigenvalue weighted by Gasteiger charge is 2.18. The van der Waals surface area contributed by atoms with E-state index < -0.39 is 10.0 Å². The number of sulfonamides is 1. The summed E-state index contributed by atoms with van der Waals surface area (Å²) in [6, 6.07) is 5.34. The van der Waals surface area contributed by atoms with E-state index in [-0.39, 0.29) is 0 Å². The van der Waals surface area contributed by atoms with Gasteiger partial charge in [-0.15, -0.1) is 0 Å². The van der Waals surface area contributed by atoms with Crippen molar-refractivity contribution in [2.45, 2.75) is 24.2 Å². The van der Waals surface area contributed by atoms with Crippen molar-refractivity contribution in [2.24, 2.45) is 0 Å². The maximum absolute atomic E-state index is 12.2. The Bertz CT molecular complexity index is 580. The van der Waals surface area contributed by atoms with Crippen molar-refractivity contribution in [3.05, 3.63) is 23.8 Å². The standard InChI is InChI=1S/C14H21N3O2S/c18-20(19,16-7-10-17-8-1-2-9-17)13-4-3-12-5-6-15-14(12)11-13/h3-4,11,15-16H,1-2,5-10H2. The van der Waals surface area contributed by atoms with Gasteiger partial charge in [0.1, 0.15) is 0 Å². The van der Waals surface area contributed by atoms with Crippen LogP contribution in [0.4, 0.5) is 5.69 Å². The molecule has 20 heavy (non-hydrogen) atoms. The number of fused-ring (bicyclic) bond motifs is 1. The molecule has 2 N–H and O–H groups in total. The summed E-state index contributed by atoms with van der Waals surface area (Å²) in [6.45, 7) is 4.34. The fourth-order valence-corrected chi connectivity index (χ4v) is 3.91. The molecule has 0 amide bonds. The largest absolute Gasteiger partial charge is 0.384 e. The molecule has 0 aliphatic carbocycles. The molecule has 110 valence electrons. The van der Waals surface area contributed by atoms with Crippen LogP contribution in [-0.4, -0.2) is 46.0 Å². The van der Waals surface area contributed by atoms with Crippen molar-refractivity contribution < 1.29 is 8.42 Å². The number of nitrogens with one attached hydrogen (secondary N) is 2. The molecule has 0 spiro atoms. The first kappa shape index (κ1) is 13.9. The molecule has 1 aromatic rings. The number of benzene rings is 1. The summed E-state index contributed by atoms with van der Waals surface area (Å²) < 4.78 is 27.2. The van der Waals surface area contributed by atoms with Crippen LogP contribution in [0.3, 0.4) is 0 Å². The number of likely N-dealkylation sites (tertiary alicyclic amines) is 1. The summed E-state index contributed by atoms with van der Waals surface area (Å²) in [4.78, 5) is 2.65. The summed E-state index contributed by atoms with van der Waals surface area (Å²) in [5.41, 5.74) is 2.15. The molecule has 0 unspecified atom stereocenters. The molecule has 2 heterocycles. The molecular weight excluding hydrogens is 274 g/mol. The van der Waals surface area contributed by atoms with E-state index >= 15 is 0 Å². The first-order valence-electron chi connectivity index (χ1n) is 7.24. The lowest BCUT2D eigenvalue weighted by Crippen LogP contribution is -2.33. The van der Waals surface area contributed by atoms with E-state index in [1.807, 2.05) is 6.07 Å². The number of anilines is 1. The summed E-state index contributed by atoms with van der Waals surface area (Å²) in [5, 5.41) is 3.21. The summed E-state index contributed by atoms with van der Waals surface area (Å²) in [7, 11) is -3.39. The minimum Gasteiger partial charge on any atom is -0.384 e. The Morgan fingerprint density at radius 2 is 2.05 bits per heavy atom. The van der Waals surface area contributed by atoms with E-state index in [1.165, 1.54) is 18.4 Å². The van der Waals surface area contributed by atoms with E-state index in [1.54, 1.807) is 12.1 Å². The minimum atomic E-state index is -3.39. The monoisotopic (exact) mass is 295 g/mol. The van der Waals surface area contributed by atoms with Gasteiger partial charge in [-0.1, -0.05) is 6.07 Å². The average Bonchev–Trinajstić information content (AvgIpc) is 3.08. The van der Waals surface area contributed by atoms with E-state index in [0.29, 0.717) is 11.4 Å². The van der Waals surface area contributed by atoms with E-state index in [4.69, 9.17) is 0 Å². The van der Waals surface area contributed by atoms with Gasteiger partial charge >= 0.3 is 0 Å². The van der Waals surface area contributed by atoms with Gasteiger partial charge in [0, 0.05) is 25.3 Å². The predicted molar refractivity (Wildman–Crippen MR) is 79.5 cm³/mol. The first-order valence-corrected chi connectivity index (χ1v) is 8.72. The summed E-state index contributed by atoms with van der Waals surface area (Å²) in [5.74, 6) is 0. The normalized spacial score (nSPS) is 19.0. The Morgan fingerprint density at radius 1 is 1.25 bits per heavy atom. The second kappa shape index (κ2) is 5.71. The zero-order valence-corrected chi connectivity index (χ0v) is 12.4. The third-order valence-corrected chi connectivity index (χ3v) is 5.48. The highest BCUT2D eigenvalue weighted by Crippen LogP contribution is 2.25. The molecule has 1 saturated heterocycles. The van der Waals surface area contributed by atoms with E-state index in [2.05, 4.69) is 14.9 Å². The topological polar surface area (TPSA) is 61.4 Å². The van der Waals surface area contributed by atoms with Gasteiger partial charge in [-0.2, -0.15) is 0 Å². The third-order valence-electron chi connectivity index (χ3n) is 4.02. The Hall–Kier alpha value is -1.11. The van der Waals surface area contributed by atoms with Gasteiger partial charge in [-0.3, -0.25) is 0 Å². The molecule has 0 atom stereocenters. The lowest BCUT2D eigenvalue weighted by Gasteiger charge is -2.15. The smallest absolute Gasteiger partial charge is 0.240 e. The highest BCUT2D eigenvalue weighted by molar-refractivity contribution is 7.89. The molecule has 3 rings (SSSR count). The molecule has 6 heteroatoms. The Labute approximate surface area is 120 Å². The van der Waals surface area contributed by atoms with Crippen LogP contribution in [0.2, 0.25) is 0 Å². The van der Waals surface area contributed by atoms with Crippen molar-refractivity contribution in [3.63, 3.8) is 0 Å². The molecule has 0 aromatic heterocycles. The van der Waals surface area contributed by atoms with Crippen molar-refractivity contribution >= 4 is 15.7 Å². The maximum atomic E-state index is 12.2. The highest BCUT2D eigenvalue weighted by atomic mass is 32.2. The van der Waals surface area contributed by atoms with E-state index in [0.717, 1.165) is 38.3 Å². The van der Waals surface area contributed by atoms with Crippen LogP contribution in [0, 0.1) is 0 Å². The van der Waals surface area contributed by atoms with Crippen LogP contribution in [-0.2, 0) is 16.4 Å². The van der Waals surface area contributed by atoms with Gasteiger partial charge in [0.05, 0.1) is 4.90 Å². The Balaban J connectivity index is 1.62. The number of hydrogen-bond acceptors (Lipinski definition) is 4. The number of hydrogen-bond donors (Lipinski definition) is 2. The molecule has 1 fully saturated rings. The van der Waals surface area contributed by atoms with Crippen LogP contribution in [0.5, 0.6) is 0 Å². The average molecular weight is 295 g/mol. The van der Waals surface area contributed by atoms with Crippen LogP contribution < -0.4 is 10.0 Å².